The highest BCUT2D eigenvalue weighted by molar-refractivity contribution is 5.93. The monoisotopic (exact) mass is 344 g/mol. The molecule has 0 spiro atoms. The first-order valence-corrected chi connectivity index (χ1v) is 6.62. The second kappa shape index (κ2) is 8.66. The lowest BCUT2D eigenvalue weighted by molar-refractivity contribution is -0.116. The fraction of sp³-hybridized carbons (Fsp3) is 0.333. The van der Waals surface area contributed by atoms with Crippen LogP contribution in [0.15, 0.2) is 24.3 Å². The Labute approximate surface area is 143 Å². The Morgan fingerprint density at radius 3 is 2.45 bits per heavy atom. The molecular weight excluding hydrogens is 323 g/mol. The molecule has 22 heavy (non-hydrogen) atoms. The number of carbonyl (C=O) groups excluding carboxylic acids is 1. The zero-order valence-electron chi connectivity index (χ0n) is 12.9. The standard InChI is InChI=1S/C15H20N4O.2ClH/c1-10-12(11(2)19(3)18-10)8-9-15(20)17-14-7-5-4-6-13(14)16;;/h4-7H,8-9,16H2,1-3H3,(H,17,20);2*1H. The van der Waals surface area contributed by atoms with Gasteiger partial charge < -0.3 is 11.1 Å². The van der Waals surface area contributed by atoms with Crippen LogP contribution in [0.1, 0.15) is 23.4 Å². The summed E-state index contributed by atoms with van der Waals surface area (Å²) in [7, 11) is 1.91. The molecule has 7 heteroatoms. The number of aryl methyl sites for hydroxylation is 2. The van der Waals surface area contributed by atoms with Crippen molar-refractivity contribution in [2.24, 2.45) is 7.05 Å². The van der Waals surface area contributed by atoms with Gasteiger partial charge in [-0.05, 0) is 38.0 Å². The summed E-state index contributed by atoms with van der Waals surface area (Å²) in [5.41, 5.74) is 10.3. The van der Waals surface area contributed by atoms with E-state index in [1.165, 1.54) is 0 Å². The molecule has 0 fully saturated rings. The van der Waals surface area contributed by atoms with Gasteiger partial charge in [0, 0.05) is 19.2 Å². The third-order valence-corrected chi connectivity index (χ3v) is 3.50. The molecule has 5 nitrogen and oxygen atoms in total. The molecule has 2 rings (SSSR count). The Morgan fingerprint density at radius 2 is 1.91 bits per heavy atom. The number of hydrogen-bond acceptors (Lipinski definition) is 3. The lowest BCUT2D eigenvalue weighted by Gasteiger charge is -2.08. The summed E-state index contributed by atoms with van der Waals surface area (Å²) in [6, 6.07) is 7.26. The van der Waals surface area contributed by atoms with Crippen LogP contribution in [0, 0.1) is 13.8 Å². The lowest BCUT2D eigenvalue weighted by atomic mass is 10.1. The number of amides is 1. The van der Waals surface area contributed by atoms with Gasteiger partial charge in [0.2, 0.25) is 5.91 Å². The summed E-state index contributed by atoms with van der Waals surface area (Å²) >= 11 is 0. The van der Waals surface area contributed by atoms with E-state index in [0.29, 0.717) is 24.2 Å². The molecule has 0 saturated heterocycles. The molecule has 0 saturated carbocycles. The van der Waals surface area contributed by atoms with E-state index >= 15 is 0 Å². The number of hydrogen-bond donors (Lipinski definition) is 2. The van der Waals surface area contributed by atoms with Crippen molar-refractivity contribution in [1.82, 2.24) is 9.78 Å². The summed E-state index contributed by atoms with van der Waals surface area (Å²) in [6.45, 7) is 3.98. The summed E-state index contributed by atoms with van der Waals surface area (Å²) in [5.74, 6) is -0.0365. The summed E-state index contributed by atoms with van der Waals surface area (Å²) in [5, 5.41) is 7.19. The fourth-order valence-corrected chi connectivity index (χ4v) is 2.24. The highest BCUT2D eigenvalue weighted by Crippen LogP contribution is 2.18. The zero-order valence-corrected chi connectivity index (χ0v) is 14.6. The van der Waals surface area contributed by atoms with Crippen molar-refractivity contribution in [2.75, 3.05) is 11.1 Å². The van der Waals surface area contributed by atoms with Gasteiger partial charge in [-0.1, -0.05) is 12.1 Å². The maximum Gasteiger partial charge on any atom is 0.224 e. The molecule has 0 atom stereocenters. The lowest BCUT2D eigenvalue weighted by Crippen LogP contribution is -2.13. The van der Waals surface area contributed by atoms with E-state index in [-0.39, 0.29) is 30.7 Å². The van der Waals surface area contributed by atoms with E-state index in [0.717, 1.165) is 17.0 Å². The first-order valence-electron chi connectivity index (χ1n) is 6.62. The first kappa shape index (κ1) is 20.3. The highest BCUT2D eigenvalue weighted by atomic mass is 35.5. The van der Waals surface area contributed by atoms with Gasteiger partial charge in [0.1, 0.15) is 0 Å². The number of aromatic nitrogens is 2. The van der Waals surface area contributed by atoms with Gasteiger partial charge in [-0.3, -0.25) is 9.48 Å². The van der Waals surface area contributed by atoms with Crippen molar-refractivity contribution in [3.63, 3.8) is 0 Å². The predicted octanol–water partition coefficient (Wildman–Crippen LogP) is 3.03. The molecule has 1 amide bonds. The van der Waals surface area contributed by atoms with Crippen molar-refractivity contribution in [3.05, 3.63) is 41.2 Å². The number of nitrogens with one attached hydrogen (secondary N) is 1. The van der Waals surface area contributed by atoms with Crippen LogP contribution in [0.5, 0.6) is 0 Å². The minimum absolute atomic E-state index is 0. The van der Waals surface area contributed by atoms with E-state index in [4.69, 9.17) is 5.73 Å². The largest absolute Gasteiger partial charge is 0.397 e. The topological polar surface area (TPSA) is 72.9 Å². The van der Waals surface area contributed by atoms with Crippen LogP contribution in [-0.4, -0.2) is 15.7 Å². The van der Waals surface area contributed by atoms with Crippen LogP contribution in [0.3, 0.4) is 0 Å². The first-order chi connectivity index (χ1) is 9.49. The van der Waals surface area contributed by atoms with Gasteiger partial charge in [0.25, 0.3) is 0 Å². The second-order valence-electron chi connectivity index (χ2n) is 4.91. The van der Waals surface area contributed by atoms with Crippen LogP contribution < -0.4 is 11.1 Å². The molecule has 0 aliphatic heterocycles. The molecule has 122 valence electrons. The van der Waals surface area contributed by atoms with E-state index in [9.17, 15) is 4.79 Å². The summed E-state index contributed by atoms with van der Waals surface area (Å²) < 4.78 is 1.84. The maximum absolute atomic E-state index is 12.0. The number of rotatable bonds is 4. The van der Waals surface area contributed by atoms with E-state index in [2.05, 4.69) is 10.4 Å². The molecule has 1 aromatic carbocycles. The number of carbonyl (C=O) groups is 1. The molecule has 0 radical (unpaired) electrons. The number of anilines is 2. The normalized spacial score (nSPS) is 9.59. The van der Waals surface area contributed by atoms with E-state index in [1.54, 1.807) is 12.1 Å². The third kappa shape index (κ3) is 4.64. The average molecular weight is 345 g/mol. The molecule has 0 bridgehead atoms. The van der Waals surface area contributed by atoms with Gasteiger partial charge in [0.05, 0.1) is 17.1 Å². The van der Waals surface area contributed by atoms with Gasteiger partial charge in [-0.25, -0.2) is 0 Å². The number of nitrogens with two attached hydrogens (primary N) is 1. The van der Waals surface area contributed by atoms with Crippen LogP contribution in [-0.2, 0) is 18.3 Å². The second-order valence-corrected chi connectivity index (χ2v) is 4.91. The predicted molar refractivity (Wildman–Crippen MR) is 95.0 cm³/mol. The minimum Gasteiger partial charge on any atom is -0.397 e. The molecule has 1 heterocycles. The average Bonchev–Trinajstić information content (AvgIpc) is 2.64. The van der Waals surface area contributed by atoms with Crippen molar-refractivity contribution >= 4 is 42.1 Å². The fourth-order valence-electron chi connectivity index (χ4n) is 2.24. The molecule has 0 aliphatic carbocycles. The van der Waals surface area contributed by atoms with Crippen LogP contribution in [0.25, 0.3) is 0 Å². The van der Waals surface area contributed by atoms with Crippen LogP contribution in [0.2, 0.25) is 0 Å². The smallest absolute Gasteiger partial charge is 0.224 e. The molecule has 1 aromatic heterocycles. The van der Waals surface area contributed by atoms with Gasteiger partial charge in [0.15, 0.2) is 0 Å². The van der Waals surface area contributed by atoms with Gasteiger partial charge >= 0.3 is 0 Å². The Morgan fingerprint density at radius 1 is 1.27 bits per heavy atom. The van der Waals surface area contributed by atoms with Gasteiger partial charge in [-0.15, -0.1) is 24.8 Å². The van der Waals surface area contributed by atoms with Crippen molar-refractivity contribution in [3.8, 4) is 0 Å². The molecule has 3 N–H and O–H groups in total. The molecule has 2 aromatic rings. The zero-order chi connectivity index (χ0) is 14.7. The highest BCUT2D eigenvalue weighted by Gasteiger charge is 2.11. The number of nitrogens with zero attached hydrogens (tertiary/aromatic N) is 2. The van der Waals surface area contributed by atoms with E-state index in [1.807, 2.05) is 37.7 Å². The quantitative estimate of drug-likeness (QED) is 0.837. The Kier molecular flexibility index (Phi) is 7.98. The number of para-hydroxylation sites is 2. The number of halogens is 2. The van der Waals surface area contributed by atoms with E-state index < -0.39 is 0 Å². The SMILES string of the molecule is Cc1nn(C)c(C)c1CCC(=O)Nc1ccccc1N.Cl.Cl. The third-order valence-electron chi connectivity index (χ3n) is 3.50. The molecule has 0 unspecified atom stereocenters. The molecular formula is C15H22Cl2N4O. The number of nitrogen functional groups attached to an aromatic ring is 1. The van der Waals surface area contributed by atoms with Crippen molar-refractivity contribution in [2.45, 2.75) is 26.7 Å². The Bertz CT molecular complexity index is 640. The van der Waals surface area contributed by atoms with Crippen molar-refractivity contribution < 1.29 is 4.79 Å². The van der Waals surface area contributed by atoms with Crippen LogP contribution in [0.4, 0.5) is 11.4 Å². The Balaban J connectivity index is 0.00000220. The number of benzene rings is 1. The van der Waals surface area contributed by atoms with Gasteiger partial charge in [-0.2, -0.15) is 5.10 Å². The Hall–Kier alpha value is -1.72. The molecule has 0 aliphatic rings. The summed E-state index contributed by atoms with van der Waals surface area (Å²) in [6.07, 6.45) is 1.10. The maximum atomic E-state index is 12.0. The van der Waals surface area contributed by atoms with Crippen molar-refractivity contribution in [1.29, 1.82) is 0 Å². The summed E-state index contributed by atoms with van der Waals surface area (Å²) in [4.78, 5) is 12.0. The van der Waals surface area contributed by atoms with Crippen LogP contribution >= 0.6 is 24.8 Å². The minimum atomic E-state index is -0.0365.